The number of hydrogen-bond acceptors (Lipinski definition) is 4. The van der Waals surface area contributed by atoms with Crippen LogP contribution in [0.4, 0.5) is 34.1 Å². The summed E-state index contributed by atoms with van der Waals surface area (Å²) < 4.78 is 18.3. The molecule has 0 fully saturated rings. The van der Waals surface area contributed by atoms with Gasteiger partial charge in [0.15, 0.2) is 0 Å². The van der Waals surface area contributed by atoms with Gasteiger partial charge in [0.05, 0.1) is 39.1 Å². The normalized spacial score (nSPS) is 11.6. The Balaban J connectivity index is 0.489. The molecule has 6 heteroatoms. The number of fused-ring (bicyclic) bond motifs is 13. The van der Waals surface area contributed by atoms with Gasteiger partial charge < -0.3 is 27.8 Å². The van der Waals surface area contributed by atoms with Gasteiger partial charge in [-0.05, 0) is 256 Å². The second kappa shape index (κ2) is 36.4. The van der Waals surface area contributed by atoms with E-state index >= 15 is 0 Å². The van der Waals surface area contributed by atoms with Gasteiger partial charge in [-0.15, -0.1) is 0 Å². The minimum Gasteiger partial charge on any atom is -0.455 e. The van der Waals surface area contributed by atoms with Crippen LogP contribution in [0.2, 0.25) is 0 Å². The Bertz CT molecular complexity index is 9900. The Hall–Kier alpha value is -19.7. The van der Waals surface area contributed by atoms with Crippen molar-refractivity contribution in [2.45, 2.75) is 0 Å². The molecular formula is C142H92N4O2. The molecule has 28 aromatic rings. The molecule has 0 N–H and O–H groups in total. The molecule has 0 unspecified atom stereocenters. The fraction of sp³-hybridized carbons (Fsp3) is 0. The average Bonchev–Trinajstić information content (AvgIpc) is 1.57. The topological polar surface area (TPSA) is 42.6 Å². The molecule has 0 radical (unpaired) electrons. The van der Waals surface area contributed by atoms with Gasteiger partial charge >= 0.3 is 0 Å². The monoisotopic (exact) mass is 1880 g/mol. The number of anilines is 6. The first-order valence-electron chi connectivity index (χ1n) is 50.7. The molecule has 0 saturated heterocycles. The van der Waals surface area contributed by atoms with Crippen LogP contribution in [0.1, 0.15) is 0 Å². The standard InChI is InChI=1S/C142H92N4O2/c1-2-29-93(30-3-1)103-31-26-32-106(89-103)117-36-8-17-50-132(117)144(112-86-75-100(76-87-112)114-35-5-7-38-120(114)122-40-10-19-52-134(122)146-137-55-22-13-43-125(137)126-44-14-23-56-138(126)146)111-82-69-97(70-83-111)95-61-65-102(66-62-95)130-91-107(92-131-128-46-16-25-58-140(128)148-142(130)131)115-47-27-33-105-90-104(77-88-116(105)115)98-71-80-109(81-72-98)143(108-78-67-96(68-79-108)94-59-63-101(64-60-94)118-48-28-49-129-127-45-15-24-57-139(127)147-141(118)129)110-84-73-99(74-85-110)113-34-4-6-37-119(113)121-39-9-18-51-133(121)145-135-53-20-11-41-123(135)124-42-12-21-54-136(124)145/h1-92H. The molecule has 0 bridgehead atoms. The number of furan rings is 2. The van der Waals surface area contributed by atoms with E-state index in [1.165, 1.54) is 49.2 Å². The van der Waals surface area contributed by atoms with Crippen molar-refractivity contribution >= 4 is 132 Å². The fourth-order valence-corrected chi connectivity index (χ4v) is 22.9. The Morgan fingerprint density at radius 3 is 0.959 bits per heavy atom. The lowest BCUT2D eigenvalue weighted by atomic mass is 9.91. The lowest BCUT2D eigenvalue weighted by Crippen LogP contribution is -2.11. The summed E-state index contributed by atoms with van der Waals surface area (Å²) in [6.45, 7) is 0. The van der Waals surface area contributed by atoms with Gasteiger partial charge in [0.1, 0.15) is 22.3 Å². The van der Waals surface area contributed by atoms with E-state index in [9.17, 15) is 0 Å². The SMILES string of the molecule is c1ccc(-c2cccc(-c3ccccc3N(c3ccc(-c4ccc(-c5cc(-c6cccc7cc(-c8ccc(N(c9ccc(-c%10ccc(-c%11cccc%12c%11oc%11ccccc%11%12)cc%10)cc9)c9ccc(-c%10ccccc%10-c%10ccccc%10-n%10c%11ccccc%11c%11ccccc%11%10)cc9)cc8)ccc67)cc6c5oc5ccccc56)cc4)cc3)c3ccc(-c4ccccc4-c4ccccc4-n4c5ccccc5c5ccccc54)cc3)c2)cc1. The van der Waals surface area contributed by atoms with E-state index in [1.54, 1.807) is 0 Å². The smallest absolute Gasteiger partial charge is 0.143 e. The number of rotatable bonds is 20. The van der Waals surface area contributed by atoms with Gasteiger partial charge in [-0.1, -0.05) is 419 Å². The van der Waals surface area contributed by atoms with E-state index in [0.29, 0.717) is 0 Å². The number of para-hydroxylation sites is 10. The molecule has 0 amide bonds. The zero-order valence-corrected chi connectivity index (χ0v) is 80.7. The maximum absolute atomic E-state index is 6.94. The van der Waals surface area contributed by atoms with Crippen molar-refractivity contribution in [2.24, 2.45) is 0 Å². The number of benzene rings is 24. The summed E-state index contributed by atoms with van der Waals surface area (Å²) in [4.78, 5) is 4.80. The lowest BCUT2D eigenvalue weighted by Gasteiger charge is -2.28. The summed E-state index contributed by atoms with van der Waals surface area (Å²) in [5, 5.41) is 11.7. The van der Waals surface area contributed by atoms with E-state index in [2.05, 4.69) is 565 Å². The Morgan fingerprint density at radius 1 is 0.142 bits per heavy atom. The van der Waals surface area contributed by atoms with Crippen LogP contribution in [0.3, 0.4) is 0 Å². The zero-order chi connectivity index (χ0) is 97.6. The van der Waals surface area contributed by atoms with Crippen LogP contribution >= 0.6 is 0 Å². The zero-order valence-electron chi connectivity index (χ0n) is 80.7. The molecule has 24 aromatic carbocycles. The fourth-order valence-electron chi connectivity index (χ4n) is 22.9. The molecule has 0 saturated carbocycles. The number of hydrogen-bond donors (Lipinski definition) is 0. The third kappa shape index (κ3) is 15.1. The summed E-state index contributed by atoms with van der Waals surface area (Å²) in [6.07, 6.45) is 0. The van der Waals surface area contributed by atoms with E-state index in [4.69, 9.17) is 8.83 Å². The van der Waals surface area contributed by atoms with Gasteiger partial charge in [0.25, 0.3) is 0 Å². The highest BCUT2D eigenvalue weighted by Crippen LogP contribution is 2.51. The van der Waals surface area contributed by atoms with Crippen LogP contribution in [0, 0.1) is 0 Å². The second-order valence-electron chi connectivity index (χ2n) is 38.4. The summed E-state index contributed by atoms with van der Waals surface area (Å²) in [5.74, 6) is 0. The second-order valence-corrected chi connectivity index (χ2v) is 38.4. The lowest BCUT2D eigenvalue weighted by molar-refractivity contribution is 0.669. The molecule has 0 aliphatic carbocycles. The highest BCUT2D eigenvalue weighted by atomic mass is 16.3. The van der Waals surface area contributed by atoms with E-state index in [1.807, 2.05) is 12.1 Å². The molecule has 0 spiro atoms. The maximum atomic E-state index is 6.94. The van der Waals surface area contributed by atoms with Crippen LogP contribution in [-0.2, 0) is 0 Å². The van der Waals surface area contributed by atoms with E-state index in [0.717, 1.165) is 228 Å². The molecule has 6 nitrogen and oxygen atoms in total. The van der Waals surface area contributed by atoms with Crippen molar-refractivity contribution < 1.29 is 8.83 Å². The van der Waals surface area contributed by atoms with Crippen LogP contribution in [0.15, 0.2) is 567 Å². The minimum absolute atomic E-state index is 0.853. The number of aromatic nitrogens is 2. The van der Waals surface area contributed by atoms with Gasteiger partial charge in [-0.3, -0.25) is 0 Å². The number of nitrogens with zero attached hydrogens (tertiary/aromatic N) is 4. The molecule has 4 aromatic heterocycles. The summed E-state index contributed by atoms with van der Waals surface area (Å²) in [6, 6.07) is 204. The first-order valence-corrected chi connectivity index (χ1v) is 50.7. The van der Waals surface area contributed by atoms with Gasteiger partial charge in [-0.25, -0.2) is 0 Å². The summed E-state index contributed by atoms with van der Waals surface area (Å²) >= 11 is 0. The van der Waals surface area contributed by atoms with Crippen LogP contribution in [0.5, 0.6) is 0 Å². The first kappa shape index (κ1) is 86.2. The molecule has 692 valence electrons. The van der Waals surface area contributed by atoms with Gasteiger partial charge in [0, 0.05) is 99.3 Å². The predicted molar refractivity (Wildman–Crippen MR) is 622 cm³/mol. The highest BCUT2D eigenvalue weighted by molar-refractivity contribution is 6.16. The quantitative estimate of drug-likeness (QED) is 0.0763. The third-order valence-electron chi connectivity index (χ3n) is 30.0. The van der Waals surface area contributed by atoms with Crippen molar-refractivity contribution in [1.82, 2.24) is 9.13 Å². The van der Waals surface area contributed by atoms with Crippen molar-refractivity contribution in [2.75, 3.05) is 9.80 Å². The Morgan fingerprint density at radius 2 is 0.453 bits per heavy atom. The summed E-state index contributed by atoms with van der Waals surface area (Å²) in [7, 11) is 0. The minimum atomic E-state index is 0.853. The van der Waals surface area contributed by atoms with E-state index in [-0.39, 0.29) is 0 Å². The maximum Gasteiger partial charge on any atom is 0.143 e. The molecule has 148 heavy (non-hydrogen) atoms. The predicted octanol–water partition coefficient (Wildman–Crippen LogP) is 39.8. The molecule has 0 atom stereocenters. The highest BCUT2D eigenvalue weighted by Gasteiger charge is 2.27. The van der Waals surface area contributed by atoms with E-state index < -0.39 is 0 Å². The van der Waals surface area contributed by atoms with Crippen molar-refractivity contribution in [1.29, 1.82) is 0 Å². The van der Waals surface area contributed by atoms with Gasteiger partial charge in [-0.2, -0.15) is 0 Å². The molecular weight excluding hydrogens is 1790 g/mol. The third-order valence-corrected chi connectivity index (χ3v) is 30.0. The Kier molecular flexibility index (Phi) is 21.2. The Labute approximate surface area is 857 Å². The van der Waals surface area contributed by atoms with Crippen molar-refractivity contribution in [3.8, 4) is 145 Å². The molecule has 0 aliphatic heterocycles. The average molecular weight is 1890 g/mol. The molecule has 0 aliphatic rings. The van der Waals surface area contributed by atoms with Gasteiger partial charge in [0.2, 0.25) is 0 Å². The van der Waals surface area contributed by atoms with Crippen molar-refractivity contribution in [3.05, 3.63) is 558 Å². The molecule has 4 heterocycles. The van der Waals surface area contributed by atoms with Crippen molar-refractivity contribution in [3.63, 3.8) is 0 Å². The van der Waals surface area contributed by atoms with Crippen LogP contribution < -0.4 is 9.80 Å². The first-order chi connectivity index (χ1) is 73.4. The molecule has 28 rings (SSSR count). The van der Waals surface area contributed by atoms with Crippen LogP contribution in [0.25, 0.3) is 243 Å². The largest absolute Gasteiger partial charge is 0.455 e. The summed E-state index contributed by atoms with van der Waals surface area (Å²) in [5.41, 5.74) is 43.8. The van der Waals surface area contributed by atoms with Crippen LogP contribution in [-0.4, -0.2) is 9.13 Å².